The van der Waals surface area contributed by atoms with Gasteiger partial charge in [-0.15, -0.1) is 5.10 Å². The lowest BCUT2D eigenvalue weighted by Gasteiger charge is -2.08. The summed E-state index contributed by atoms with van der Waals surface area (Å²) in [6, 6.07) is 0. The first-order valence-electron chi connectivity index (χ1n) is 8.22. The van der Waals surface area contributed by atoms with Crippen LogP contribution in [-0.4, -0.2) is 14.7 Å². The van der Waals surface area contributed by atoms with Crippen molar-refractivity contribution >= 4 is 11.5 Å². The smallest absolute Gasteiger partial charge is 0.0917 e. The molecule has 1 atom stereocenters. The summed E-state index contributed by atoms with van der Waals surface area (Å²) in [5.41, 5.74) is 0.884. The molecule has 116 valence electrons. The second kappa shape index (κ2) is 11.2. The van der Waals surface area contributed by atoms with Gasteiger partial charge >= 0.3 is 0 Å². The van der Waals surface area contributed by atoms with Crippen LogP contribution in [0.25, 0.3) is 0 Å². The molecule has 0 saturated carbocycles. The van der Waals surface area contributed by atoms with Crippen molar-refractivity contribution in [2.75, 3.05) is 0 Å². The minimum Gasteiger partial charge on any atom is -0.387 e. The first-order chi connectivity index (χ1) is 9.75. The van der Waals surface area contributed by atoms with Gasteiger partial charge < -0.3 is 5.11 Å². The lowest BCUT2D eigenvalue weighted by molar-refractivity contribution is 0.166. The van der Waals surface area contributed by atoms with Gasteiger partial charge in [0, 0.05) is 0 Å². The zero-order valence-electron chi connectivity index (χ0n) is 13.1. The van der Waals surface area contributed by atoms with E-state index in [1.54, 1.807) is 0 Å². The van der Waals surface area contributed by atoms with Crippen LogP contribution in [0.3, 0.4) is 0 Å². The second-order valence-corrected chi connectivity index (χ2v) is 6.49. The number of aryl methyl sites for hydroxylation is 1. The monoisotopic (exact) mass is 298 g/mol. The lowest BCUT2D eigenvalue weighted by Crippen LogP contribution is -1.97. The van der Waals surface area contributed by atoms with Crippen molar-refractivity contribution in [3.05, 3.63) is 10.6 Å². The number of unbranched alkanes of at least 4 members (excludes halogenated alkanes) is 9. The summed E-state index contributed by atoms with van der Waals surface area (Å²) in [6.07, 6.45) is 13.8. The summed E-state index contributed by atoms with van der Waals surface area (Å²) in [5, 5.41) is 14.0. The van der Waals surface area contributed by atoms with Crippen LogP contribution in [0.5, 0.6) is 0 Å². The van der Waals surface area contributed by atoms with E-state index in [0.29, 0.717) is 0 Å². The SMILES string of the molecule is CCCCCCCCCCCCC(O)c1snnc1C. The molecule has 20 heavy (non-hydrogen) atoms. The average molecular weight is 298 g/mol. The van der Waals surface area contributed by atoms with Gasteiger partial charge in [-0.25, -0.2) is 0 Å². The van der Waals surface area contributed by atoms with Gasteiger partial charge in [0.15, 0.2) is 0 Å². The second-order valence-electron chi connectivity index (χ2n) is 5.71. The summed E-state index contributed by atoms with van der Waals surface area (Å²) in [5.74, 6) is 0. The molecular weight excluding hydrogens is 268 g/mol. The number of aliphatic hydroxyl groups excluding tert-OH is 1. The van der Waals surface area contributed by atoms with Crippen molar-refractivity contribution in [3.63, 3.8) is 0 Å². The van der Waals surface area contributed by atoms with Crippen LogP contribution < -0.4 is 0 Å². The van der Waals surface area contributed by atoms with Crippen molar-refractivity contribution < 1.29 is 5.11 Å². The van der Waals surface area contributed by atoms with Gasteiger partial charge in [0.1, 0.15) is 0 Å². The molecule has 0 aliphatic carbocycles. The fraction of sp³-hybridized carbons (Fsp3) is 0.875. The maximum atomic E-state index is 10.0. The summed E-state index contributed by atoms with van der Waals surface area (Å²) in [6.45, 7) is 4.18. The molecule has 0 aromatic carbocycles. The molecule has 1 aromatic heterocycles. The van der Waals surface area contributed by atoms with Crippen LogP contribution in [0.2, 0.25) is 0 Å². The summed E-state index contributed by atoms with van der Waals surface area (Å²) >= 11 is 1.33. The van der Waals surface area contributed by atoms with Gasteiger partial charge in [0.2, 0.25) is 0 Å². The minimum atomic E-state index is -0.357. The Morgan fingerprint density at radius 1 is 0.950 bits per heavy atom. The molecule has 0 aliphatic heterocycles. The maximum absolute atomic E-state index is 10.0. The minimum absolute atomic E-state index is 0.357. The Balaban J connectivity index is 1.91. The van der Waals surface area contributed by atoms with E-state index in [9.17, 15) is 5.11 Å². The molecule has 3 nitrogen and oxygen atoms in total. The highest BCUT2D eigenvalue weighted by molar-refractivity contribution is 7.05. The third-order valence-corrected chi connectivity index (χ3v) is 4.75. The molecule has 0 saturated heterocycles. The Kier molecular flexibility index (Phi) is 9.85. The molecule has 0 fully saturated rings. The van der Waals surface area contributed by atoms with Crippen LogP contribution in [0.4, 0.5) is 0 Å². The van der Waals surface area contributed by atoms with Crippen LogP contribution in [0.15, 0.2) is 0 Å². The Morgan fingerprint density at radius 3 is 2.00 bits per heavy atom. The third-order valence-electron chi connectivity index (χ3n) is 3.82. The van der Waals surface area contributed by atoms with E-state index in [-0.39, 0.29) is 6.10 Å². The first kappa shape index (κ1) is 17.6. The first-order valence-corrected chi connectivity index (χ1v) is 9.00. The molecule has 1 rings (SSSR count). The van der Waals surface area contributed by atoms with E-state index in [4.69, 9.17) is 0 Å². The topological polar surface area (TPSA) is 46.0 Å². The van der Waals surface area contributed by atoms with Gasteiger partial charge in [-0.3, -0.25) is 0 Å². The van der Waals surface area contributed by atoms with E-state index in [1.807, 2.05) is 6.92 Å². The van der Waals surface area contributed by atoms with Gasteiger partial charge in [-0.1, -0.05) is 75.6 Å². The maximum Gasteiger partial charge on any atom is 0.0917 e. The largest absolute Gasteiger partial charge is 0.387 e. The standard InChI is InChI=1S/C16H30N2OS/c1-3-4-5-6-7-8-9-10-11-12-13-15(19)16-14(2)17-18-20-16/h15,19H,3-13H2,1-2H3. The fourth-order valence-electron chi connectivity index (χ4n) is 2.50. The highest BCUT2D eigenvalue weighted by atomic mass is 32.1. The quantitative estimate of drug-likeness (QED) is 0.540. The molecule has 0 amide bonds. The zero-order chi connectivity index (χ0) is 14.6. The Bertz CT molecular complexity index is 341. The van der Waals surface area contributed by atoms with Crippen molar-refractivity contribution in [1.82, 2.24) is 9.59 Å². The molecule has 1 heterocycles. The summed E-state index contributed by atoms with van der Waals surface area (Å²) in [7, 11) is 0. The molecule has 1 aromatic rings. The summed E-state index contributed by atoms with van der Waals surface area (Å²) < 4.78 is 3.87. The molecule has 1 unspecified atom stereocenters. The van der Waals surface area contributed by atoms with Crippen LogP contribution in [0, 0.1) is 6.92 Å². The van der Waals surface area contributed by atoms with Crippen LogP contribution >= 0.6 is 11.5 Å². The normalized spacial score (nSPS) is 12.8. The number of aromatic nitrogens is 2. The number of rotatable bonds is 12. The predicted molar refractivity (Wildman–Crippen MR) is 86.1 cm³/mol. The zero-order valence-corrected chi connectivity index (χ0v) is 13.9. The van der Waals surface area contributed by atoms with E-state index >= 15 is 0 Å². The molecular formula is C16H30N2OS. The Morgan fingerprint density at radius 2 is 1.50 bits per heavy atom. The van der Waals surface area contributed by atoms with E-state index < -0.39 is 0 Å². The third kappa shape index (κ3) is 7.34. The number of hydrogen-bond acceptors (Lipinski definition) is 4. The average Bonchev–Trinajstić information content (AvgIpc) is 2.87. The molecule has 0 aliphatic rings. The van der Waals surface area contributed by atoms with Gasteiger partial charge in [-0.05, 0) is 24.9 Å². The van der Waals surface area contributed by atoms with Crippen LogP contribution in [0.1, 0.15) is 94.2 Å². The highest BCUT2D eigenvalue weighted by Crippen LogP contribution is 2.24. The number of aliphatic hydroxyl groups is 1. The van der Waals surface area contributed by atoms with E-state index in [2.05, 4.69) is 16.5 Å². The molecule has 1 N–H and O–H groups in total. The molecule has 0 radical (unpaired) electrons. The highest BCUT2D eigenvalue weighted by Gasteiger charge is 2.13. The van der Waals surface area contributed by atoms with Crippen molar-refractivity contribution in [3.8, 4) is 0 Å². The lowest BCUT2D eigenvalue weighted by atomic mass is 10.0. The fourth-order valence-corrected chi connectivity index (χ4v) is 3.16. The molecule has 4 heteroatoms. The van der Waals surface area contributed by atoms with Crippen molar-refractivity contribution in [1.29, 1.82) is 0 Å². The number of hydrogen-bond donors (Lipinski definition) is 1. The van der Waals surface area contributed by atoms with E-state index in [0.717, 1.165) is 23.4 Å². The van der Waals surface area contributed by atoms with Crippen molar-refractivity contribution in [2.45, 2.75) is 90.6 Å². The van der Waals surface area contributed by atoms with Gasteiger partial charge in [0.05, 0.1) is 16.7 Å². The van der Waals surface area contributed by atoms with Crippen molar-refractivity contribution in [2.24, 2.45) is 0 Å². The Hall–Kier alpha value is -0.480. The van der Waals surface area contributed by atoms with E-state index in [1.165, 1.54) is 69.3 Å². The van der Waals surface area contributed by atoms with Crippen LogP contribution in [-0.2, 0) is 0 Å². The Labute approximate surface area is 128 Å². The predicted octanol–water partition coefficient (Wildman–Crippen LogP) is 5.19. The van der Waals surface area contributed by atoms with Gasteiger partial charge in [-0.2, -0.15) is 0 Å². The molecule has 0 spiro atoms. The molecule has 0 bridgehead atoms. The summed E-state index contributed by atoms with van der Waals surface area (Å²) in [4.78, 5) is 0.945. The van der Waals surface area contributed by atoms with Gasteiger partial charge in [0.25, 0.3) is 0 Å². The number of nitrogens with zero attached hydrogens (tertiary/aromatic N) is 2.